The standard InChI is InChI=1S/C30H32N2O6/c1-28(2,3)25(33)23-22(18-11-13-20(36-4)14-12-18)30(24-21-10-6-5-9-19(21)17-31-32(23)24)26(34)37-29(38-27(30)35)15-7-8-16-29/h5-6,9-14,17,22-24H,7-8,15-16H2,1-4H3/t22-,23+,24?/m0/s1. The largest absolute Gasteiger partial charge is 0.497 e. The molecule has 2 aromatic rings. The quantitative estimate of drug-likeness (QED) is 0.437. The molecule has 8 nitrogen and oxygen atoms in total. The van der Waals surface area contributed by atoms with E-state index < -0.39 is 46.6 Å². The van der Waals surface area contributed by atoms with Gasteiger partial charge in [-0.05, 0) is 41.7 Å². The van der Waals surface area contributed by atoms with Gasteiger partial charge < -0.3 is 14.2 Å². The molecule has 2 saturated heterocycles. The molecular formula is C30H32N2O6. The maximum Gasteiger partial charge on any atom is 0.330 e. The number of carbonyl (C=O) groups is 3. The lowest BCUT2D eigenvalue weighted by Crippen LogP contribution is -2.59. The van der Waals surface area contributed by atoms with E-state index in [0.29, 0.717) is 24.2 Å². The average molecular weight is 517 g/mol. The number of esters is 2. The van der Waals surface area contributed by atoms with E-state index in [1.165, 1.54) is 0 Å². The molecule has 38 heavy (non-hydrogen) atoms. The number of carbonyl (C=O) groups excluding carboxylic acids is 3. The first-order chi connectivity index (χ1) is 18.1. The number of nitrogens with zero attached hydrogens (tertiary/aromatic N) is 2. The van der Waals surface area contributed by atoms with Crippen molar-refractivity contribution >= 4 is 23.9 Å². The van der Waals surface area contributed by atoms with Crippen LogP contribution in [0.5, 0.6) is 5.75 Å². The van der Waals surface area contributed by atoms with Crippen molar-refractivity contribution < 1.29 is 28.6 Å². The number of hydrogen-bond acceptors (Lipinski definition) is 8. The maximum absolute atomic E-state index is 14.4. The van der Waals surface area contributed by atoms with Crippen molar-refractivity contribution in [2.24, 2.45) is 15.9 Å². The molecule has 8 heteroatoms. The van der Waals surface area contributed by atoms with Crippen LogP contribution in [0.25, 0.3) is 0 Å². The molecule has 0 bridgehead atoms. The van der Waals surface area contributed by atoms with Crippen molar-refractivity contribution in [3.8, 4) is 5.75 Å². The van der Waals surface area contributed by atoms with E-state index in [1.807, 2.05) is 57.2 Å². The second-order valence-corrected chi connectivity index (χ2v) is 11.7. The van der Waals surface area contributed by atoms with Crippen LogP contribution in [0, 0.1) is 10.8 Å². The molecule has 3 heterocycles. The lowest BCUT2D eigenvalue weighted by atomic mass is 9.64. The van der Waals surface area contributed by atoms with Crippen LogP contribution in [0.2, 0.25) is 0 Å². The summed E-state index contributed by atoms with van der Waals surface area (Å²) in [5, 5.41) is 6.37. The number of benzene rings is 2. The van der Waals surface area contributed by atoms with E-state index in [2.05, 4.69) is 0 Å². The van der Waals surface area contributed by atoms with Crippen LogP contribution in [-0.2, 0) is 23.9 Å². The van der Waals surface area contributed by atoms with Gasteiger partial charge in [-0.15, -0.1) is 0 Å². The number of hydrazone groups is 1. The second-order valence-electron chi connectivity index (χ2n) is 11.7. The van der Waals surface area contributed by atoms with Crippen LogP contribution in [0.15, 0.2) is 53.6 Å². The Morgan fingerprint density at radius 1 is 1.00 bits per heavy atom. The lowest BCUT2D eigenvalue weighted by Gasteiger charge is -2.45. The molecule has 4 aliphatic rings. The van der Waals surface area contributed by atoms with Crippen LogP contribution in [0.4, 0.5) is 0 Å². The van der Waals surface area contributed by atoms with Crippen molar-refractivity contribution in [2.75, 3.05) is 7.11 Å². The zero-order valence-electron chi connectivity index (χ0n) is 22.1. The van der Waals surface area contributed by atoms with Gasteiger partial charge >= 0.3 is 11.9 Å². The van der Waals surface area contributed by atoms with Crippen LogP contribution in [-0.4, -0.2) is 47.9 Å². The Labute approximate surface area is 221 Å². The molecule has 0 N–H and O–H groups in total. The molecule has 0 amide bonds. The summed E-state index contributed by atoms with van der Waals surface area (Å²) in [6.45, 7) is 5.52. The molecule has 3 atom stereocenters. The number of fused-ring (bicyclic) bond motifs is 4. The first-order valence-corrected chi connectivity index (χ1v) is 13.2. The number of hydrogen-bond donors (Lipinski definition) is 0. The van der Waals surface area contributed by atoms with Gasteiger partial charge in [-0.25, -0.2) is 0 Å². The summed E-state index contributed by atoms with van der Waals surface area (Å²) in [6.07, 6.45) is 4.26. The zero-order valence-corrected chi connectivity index (χ0v) is 22.1. The topological polar surface area (TPSA) is 94.5 Å². The molecule has 1 aliphatic carbocycles. The fourth-order valence-corrected chi connectivity index (χ4v) is 6.65. The fraction of sp³-hybridized carbons (Fsp3) is 0.467. The zero-order chi connectivity index (χ0) is 26.9. The van der Waals surface area contributed by atoms with Crippen LogP contribution < -0.4 is 4.74 Å². The highest BCUT2D eigenvalue weighted by Gasteiger charge is 2.76. The highest BCUT2D eigenvalue weighted by molar-refractivity contribution is 6.07. The van der Waals surface area contributed by atoms with Gasteiger partial charge in [0.05, 0.1) is 13.3 Å². The van der Waals surface area contributed by atoms with Crippen molar-refractivity contribution in [1.29, 1.82) is 0 Å². The second kappa shape index (κ2) is 8.41. The van der Waals surface area contributed by atoms with Gasteiger partial charge in [0.15, 0.2) is 5.78 Å². The highest BCUT2D eigenvalue weighted by atomic mass is 16.7. The Bertz CT molecular complexity index is 1320. The minimum atomic E-state index is -1.83. The predicted molar refractivity (Wildman–Crippen MR) is 138 cm³/mol. The molecule has 1 saturated carbocycles. The molecule has 2 aromatic carbocycles. The molecule has 3 fully saturated rings. The van der Waals surface area contributed by atoms with Crippen molar-refractivity contribution in [3.05, 3.63) is 65.2 Å². The normalized spacial score (nSPS) is 26.6. The first kappa shape index (κ1) is 24.6. The molecular weight excluding hydrogens is 484 g/mol. The number of methoxy groups -OCH3 is 1. The van der Waals surface area contributed by atoms with E-state index in [0.717, 1.165) is 24.0 Å². The van der Waals surface area contributed by atoms with Gasteiger partial charge in [-0.2, -0.15) is 5.10 Å². The smallest absolute Gasteiger partial charge is 0.330 e. The Morgan fingerprint density at radius 3 is 2.24 bits per heavy atom. The number of ether oxygens (including phenoxy) is 3. The van der Waals surface area contributed by atoms with Gasteiger partial charge in [0.2, 0.25) is 5.41 Å². The summed E-state index contributed by atoms with van der Waals surface area (Å²) < 4.78 is 17.6. The summed E-state index contributed by atoms with van der Waals surface area (Å²) >= 11 is 0. The highest BCUT2D eigenvalue weighted by Crippen LogP contribution is 2.64. The summed E-state index contributed by atoms with van der Waals surface area (Å²) in [7, 11) is 1.57. The van der Waals surface area contributed by atoms with Gasteiger partial charge in [0.25, 0.3) is 5.79 Å². The number of ketones is 1. The van der Waals surface area contributed by atoms with Crippen molar-refractivity contribution in [1.82, 2.24) is 5.01 Å². The molecule has 6 rings (SSSR count). The molecule has 198 valence electrons. The van der Waals surface area contributed by atoms with Crippen LogP contribution >= 0.6 is 0 Å². The molecule has 0 radical (unpaired) electrons. The number of rotatable bonds is 3. The summed E-state index contributed by atoms with van der Waals surface area (Å²) in [4.78, 5) is 43.1. The van der Waals surface area contributed by atoms with Crippen molar-refractivity contribution in [3.63, 3.8) is 0 Å². The summed E-state index contributed by atoms with van der Waals surface area (Å²) in [5.74, 6) is -2.94. The molecule has 1 unspecified atom stereocenters. The monoisotopic (exact) mass is 516 g/mol. The minimum Gasteiger partial charge on any atom is -0.497 e. The van der Waals surface area contributed by atoms with E-state index >= 15 is 0 Å². The number of Topliss-reactive ketones (excluding diaryl/α,β-unsaturated/α-hetero) is 1. The third kappa shape index (κ3) is 3.35. The van der Waals surface area contributed by atoms with Crippen LogP contribution in [0.3, 0.4) is 0 Å². The maximum atomic E-state index is 14.4. The summed E-state index contributed by atoms with van der Waals surface area (Å²) in [5.41, 5.74) is -0.435. The van der Waals surface area contributed by atoms with E-state index in [4.69, 9.17) is 19.3 Å². The fourth-order valence-electron chi connectivity index (χ4n) is 6.65. The average Bonchev–Trinajstić information content (AvgIpc) is 3.47. The third-order valence-corrected chi connectivity index (χ3v) is 8.49. The first-order valence-electron chi connectivity index (χ1n) is 13.2. The lowest BCUT2D eigenvalue weighted by molar-refractivity contribution is -0.263. The Hall–Kier alpha value is -3.68. The minimum absolute atomic E-state index is 0.126. The Kier molecular flexibility index (Phi) is 5.46. The van der Waals surface area contributed by atoms with Gasteiger partial charge in [0, 0.05) is 24.2 Å². The third-order valence-electron chi connectivity index (χ3n) is 8.49. The molecule has 2 spiro atoms. The van der Waals surface area contributed by atoms with E-state index in [-0.39, 0.29) is 5.78 Å². The molecule has 0 aromatic heterocycles. The molecule has 3 aliphatic heterocycles. The van der Waals surface area contributed by atoms with E-state index in [9.17, 15) is 14.4 Å². The van der Waals surface area contributed by atoms with Gasteiger partial charge in [-0.1, -0.05) is 57.2 Å². The van der Waals surface area contributed by atoms with Gasteiger partial charge in [0.1, 0.15) is 17.8 Å². The van der Waals surface area contributed by atoms with Gasteiger partial charge in [-0.3, -0.25) is 19.4 Å². The van der Waals surface area contributed by atoms with Crippen LogP contribution in [0.1, 0.15) is 75.1 Å². The Balaban J connectivity index is 1.62. The summed E-state index contributed by atoms with van der Waals surface area (Å²) in [6, 6.07) is 12.9. The SMILES string of the molecule is COc1ccc([C@H]2[C@H](C(=O)C(C)(C)C)N3N=Cc4ccccc4C3C23C(=O)OC2(CCCC2)OC3=O)cc1. The van der Waals surface area contributed by atoms with E-state index in [1.54, 1.807) is 30.5 Å². The Morgan fingerprint density at radius 2 is 1.63 bits per heavy atom. The van der Waals surface area contributed by atoms with Crippen molar-refractivity contribution in [2.45, 2.75) is 70.2 Å². The predicted octanol–water partition coefficient (Wildman–Crippen LogP) is 4.52.